The molecule has 10 heteroatoms. The topological polar surface area (TPSA) is 106 Å². The lowest BCUT2D eigenvalue weighted by atomic mass is 10.1. The molecule has 0 aliphatic carbocycles. The van der Waals surface area contributed by atoms with E-state index < -0.39 is 11.8 Å². The molecule has 4 aromatic carbocycles. The number of hydrogen-bond acceptors (Lipinski definition) is 6. The first-order valence-corrected chi connectivity index (χ1v) is 14.1. The lowest BCUT2D eigenvalue weighted by molar-refractivity contribution is -0.114. The van der Waals surface area contributed by atoms with E-state index in [1.807, 2.05) is 6.07 Å². The average molecular weight is 602 g/mol. The summed E-state index contributed by atoms with van der Waals surface area (Å²) < 4.78 is 10.5. The van der Waals surface area contributed by atoms with Crippen LogP contribution in [0.5, 0.6) is 11.5 Å². The number of methoxy groups -OCH3 is 2. The van der Waals surface area contributed by atoms with E-state index in [-0.39, 0.29) is 17.4 Å². The first-order valence-electron chi connectivity index (χ1n) is 12.7. The van der Waals surface area contributed by atoms with Gasteiger partial charge in [0.1, 0.15) is 17.2 Å². The van der Waals surface area contributed by atoms with Crippen LogP contribution in [0.4, 0.5) is 11.4 Å². The maximum absolute atomic E-state index is 13.3. The Hall–Kier alpha value is -4.73. The summed E-state index contributed by atoms with van der Waals surface area (Å²) in [6.07, 6.45) is 1.59. The van der Waals surface area contributed by atoms with Crippen LogP contribution in [0.15, 0.2) is 108 Å². The number of nitrogens with one attached hydrogen (secondary N) is 3. The summed E-state index contributed by atoms with van der Waals surface area (Å²) in [7, 11) is 3.09. The van der Waals surface area contributed by atoms with Crippen molar-refractivity contribution in [3.05, 3.63) is 119 Å². The van der Waals surface area contributed by atoms with Crippen LogP contribution in [0, 0.1) is 0 Å². The van der Waals surface area contributed by atoms with Gasteiger partial charge in [-0.15, -0.1) is 11.8 Å². The van der Waals surface area contributed by atoms with Gasteiger partial charge in [-0.25, -0.2) is 0 Å². The van der Waals surface area contributed by atoms with Gasteiger partial charge in [-0.3, -0.25) is 14.4 Å². The zero-order valence-electron chi connectivity index (χ0n) is 22.8. The van der Waals surface area contributed by atoms with Crippen molar-refractivity contribution in [3.63, 3.8) is 0 Å². The van der Waals surface area contributed by atoms with Gasteiger partial charge in [-0.1, -0.05) is 41.9 Å². The molecule has 0 heterocycles. The zero-order valence-corrected chi connectivity index (χ0v) is 24.4. The van der Waals surface area contributed by atoms with Gasteiger partial charge in [0.05, 0.1) is 25.7 Å². The minimum Gasteiger partial charge on any atom is -0.497 e. The van der Waals surface area contributed by atoms with Gasteiger partial charge in [-0.2, -0.15) is 0 Å². The standard InChI is InChI=1S/C32H28ClN3O5S/c1-40-25-13-8-21(9-14-25)18-28(36-31(38)22-6-4-3-5-7-22)32(39)34-24-11-15-26(16-12-24)42-20-30(37)35-27-19-23(33)10-17-29(27)41-2/h3-19H,20H2,1-2H3,(H,34,39)(H,35,37)(H,36,38)/b28-18-. The molecule has 42 heavy (non-hydrogen) atoms. The molecule has 0 radical (unpaired) electrons. The lowest BCUT2D eigenvalue weighted by Crippen LogP contribution is -2.30. The Balaban J connectivity index is 1.41. The van der Waals surface area contributed by atoms with Crippen molar-refractivity contribution in [3.8, 4) is 11.5 Å². The minimum atomic E-state index is -0.495. The van der Waals surface area contributed by atoms with Gasteiger partial charge in [0.2, 0.25) is 5.91 Å². The van der Waals surface area contributed by atoms with Crippen molar-refractivity contribution in [2.45, 2.75) is 4.90 Å². The van der Waals surface area contributed by atoms with Crippen LogP contribution >= 0.6 is 23.4 Å². The summed E-state index contributed by atoms with van der Waals surface area (Å²) >= 11 is 7.37. The van der Waals surface area contributed by atoms with Gasteiger partial charge in [0, 0.05) is 21.2 Å². The van der Waals surface area contributed by atoms with E-state index in [1.54, 1.807) is 104 Å². The Kier molecular flexibility index (Phi) is 10.6. The van der Waals surface area contributed by atoms with E-state index in [2.05, 4.69) is 16.0 Å². The summed E-state index contributed by atoms with van der Waals surface area (Å²) in [4.78, 5) is 39.4. The Labute approximate surface area is 253 Å². The normalized spacial score (nSPS) is 10.9. The van der Waals surface area contributed by atoms with E-state index in [4.69, 9.17) is 21.1 Å². The second-order valence-electron chi connectivity index (χ2n) is 8.81. The van der Waals surface area contributed by atoms with Crippen molar-refractivity contribution in [2.24, 2.45) is 0 Å². The molecular weight excluding hydrogens is 574 g/mol. The Morgan fingerprint density at radius 2 is 1.55 bits per heavy atom. The smallest absolute Gasteiger partial charge is 0.272 e. The van der Waals surface area contributed by atoms with Crippen LogP contribution in [0.2, 0.25) is 5.02 Å². The van der Waals surface area contributed by atoms with Crippen molar-refractivity contribution >= 4 is 58.5 Å². The van der Waals surface area contributed by atoms with Crippen molar-refractivity contribution < 1.29 is 23.9 Å². The number of hydrogen-bond donors (Lipinski definition) is 3. The zero-order chi connectivity index (χ0) is 29.9. The molecular formula is C32H28ClN3O5S. The molecule has 0 saturated heterocycles. The molecule has 0 atom stereocenters. The number of thioether (sulfide) groups is 1. The Morgan fingerprint density at radius 1 is 0.833 bits per heavy atom. The lowest BCUT2D eigenvalue weighted by Gasteiger charge is -2.12. The number of amides is 3. The van der Waals surface area contributed by atoms with Gasteiger partial charge in [0.15, 0.2) is 0 Å². The highest BCUT2D eigenvalue weighted by Crippen LogP contribution is 2.28. The molecule has 0 aliphatic heterocycles. The predicted octanol–water partition coefficient (Wildman–Crippen LogP) is 6.50. The quantitative estimate of drug-likeness (QED) is 0.134. The Bertz CT molecular complexity index is 1580. The van der Waals surface area contributed by atoms with Crippen molar-refractivity contribution in [1.29, 1.82) is 0 Å². The van der Waals surface area contributed by atoms with Crippen LogP contribution in [-0.4, -0.2) is 37.7 Å². The van der Waals surface area contributed by atoms with Gasteiger partial charge >= 0.3 is 0 Å². The summed E-state index contributed by atoms with van der Waals surface area (Å²) in [5, 5.41) is 8.83. The highest BCUT2D eigenvalue weighted by molar-refractivity contribution is 8.00. The predicted molar refractivity (Wildman–Crippen MR) is 167 cm³/mol. The molecule has 0 aromatic heterocycles. The molecule has 4 aromatic rings. The maximum atomic E-state index is 13.3. The summed E-state index contributed by atoms with van der Waals surface area (Å²) in [5.41, 5.74) is 2.21. The third kappa shape index (κ3) is 8.63. The van der Waals surface area contributed by atoms with Gasteiger partial charge in [-0.05, 0) is 78.4 Å². The molecule has 3 N–H and O–H groups in total. The van der Waals surface area contributed by atoms with Crippen LogP contribution in [0.25, 0.3) is 6.08 Å². The maximum Gasteiger partial charge on any atom is 0.272 e. The largest absolute Gasteiger partial charge is 0.497 e. The molecule has 0 fully saturated rings. The highest BCUT2D eigenvalue weighted by atomic mass is 35.5. The average Bonchev–Trinajstić information content (AvgIpc) is 3.01. The van der Waals surface area contributed by atoms with Crippen LogP contribution in [0.3, 0.4) is 0 Å². The van der Waals surface area contributed by atoms with E-state index in [9.17, 15) is 14.4 Å². The SMILES string of the molecule is COc1ccc(/C=C(\NC(=O)c2ccccc2)C(=O)Nc2ccc(SCC(=O)Nc3cc(Cl)ccc3OC)cc2)cc1. The number of benzene rings is 4. The van der Waals surface area contributed by atoms with E-state index in [0.717, 1.165) is 4.90 Å². The molecule has 3 amide bonds. The number of anilines is 2. The minimum absolute atomic E-state index is 0.0700. The number of rotatable bonds is 11. The monoisotopic (exact) mass is 601 g/mol. The van der Waals surface area contributed by atoms with Crippen LogP contribution in [0.1, 0.15) is 15.9 Å². The van der Waals surface area contributed by atoms with Crippen molar-refractivity contribution in [2.75, 3.05) is 30.6 Å². The highest BCUT2D eigenvalue weighted by Gasteiger charge is 2.15. The first kappa shape index (κ1) is 30.2. The second-order valence-corrected chi connectivity index (χ2v) is 10.3. The summed E-state index contributed by atoms with van der Waals surface area (Å²) in [6.45, 7) is 0. The summed E-state index contributed by atoms with van der Waals surface area (Å²) in [5.74, 6) is 0.211. The fourth-order valence-electron chi connectivity index (χ4n) is 3.76. The first-order chi connectivity index (χ1) is 20.3. The molecule has 0 saturated carbocycles. The fraction of sp³-hybridized carbons (Fsp3) is 0.0938. The van der Waals surface area contributed by atoms with Crippen LogP contribution in [-0.2, 0) is 9.59 Å². The number of ether oxygens (including phenoxy) is 2. The van der Waals surface area contributed by atoms with E-state index in [0.29, 0.717) is 39.0 Å². The number of halogens is 1. The second kappa shape index (κ2) is 14.8. The molecule has 0 aliphatic rings. The molecule has 214 valence electrons. The third-order valence-corrected chi connectivity index (χ3v) is 7.12. The van der Waals surface area contributed by atoms with Crippen LogP contribution < -0.4 is 25.4 Å². The fourth-order valence-corrected chi connectivity index (χ4v) is 4.63. The van der Waals surface area contributed by atoms with E-state index in [1.165, 1.54) is 18.9 Å². The van der Waals surface area contributed by atoms with Gasteiger partial charge in [0.25, 0.3) is 11.8 Å². The molecule has 8 nitrogen and oxygen atoms in total. The molecule has 0 spiro atoms. The van der Waals surface area contributed by atoms with Gasteiger partial charge < -0.3 is 25.4 Å². The number of carbonyl (C=O) groups is 3. The molecule has 0 bridgehead atoms. The third-order valence-electron chi connectivity index (χ3n) is 5.87. The Morgan fingerprint density at radius 3 is 2.21 bits per heavy atom. The molecule has 4 rings (SSSR count). The summed E-state index contributed by atoms with van der Waals surface area (Å²) in [6, 6.07) is 27.8. The molecule has 0 unspecified atom stereocenters. The van der Waals surface area contributed by atoms with Crippen molar-refractivity contribution in [1.82, 2.24) is 5.32 Å². The van der Waals surface area contributed by atoms with E-state index >= 15 is 0 Å². The number of carbonyl (C=O) groups excluding carboxylic acids is 3.